The molecule has 1 fully saturated rings. The lowest BCUT2D eigenvalue weighted by Gasteiger charge is -2.28. The van der Waals surface area contributed by atoms with E-state index >= 15 is 0 Å². The highest BCUT2D eigenvalue weighted by molar-refractivity contribution is 6.01. The number of nitrogens with one attached hydrogen (secondary N) is 1. The molecule has 1 aliphatic carbocycles. The summed E-state index contributed by atoms with van der Waals surface area (Å²) in [6.07, 6.45) is 3.93. The molecule has 1 aromatic heterocycles. The van der Waals surface area contributed by atoms with Gasteiger partial charge < -0.3 is 24.3 Å². The Morgan fingerprint density at radius 1 is 0.902 bits per heavy atom. The molecule has 41 heavy (non-hydrogen) atoms. The number of hydrogen-bond acceptors (Lipinski definition) is 5. The van der Waals surface area contributed by atoms with Gasteiger partial charge in [0.15, 0.2) is 17.4 Å². The summed E-state index contributed by atoms with van der Waals surface area (Å²) in [6.45, 7) is -0.662. The zero-order valence-electron chi connectivity index (χ0n) is 22.4. The summed E-state index contributed by atoms with van der Waals surface area (Å²) in [6, 6.07) is 18.3. The molecule has 1 aliphatic rings. The van der Waals surface area contributed by atoms with Crippen molar-refractivity contribution in [3.63, 3.8) is 0 Å². The van der Waals surface area contributed by atoms with Crippen molar-refractivity contribution in [2.45, 2.75) is 31.7 Å². The van der Waals surface area contributed by atoms with E-state index in [1.54, 1.807) is 54.4 Å². The lowest BCUT2D eigenvalue weighted by atomic mass is 10.2. The second-order valence-corrected chi connectivity index (χ2v) is 10.0. The number of amides is 3. The SMILES string of the molecule is CN(C(=O)CN(CC(=O)Nc1ccc(Oc2ccc(F)c(F)c2)cc1)C(=O)c1cc2ccccc2o1)C1CCCC1. The molecule has 0 unspecified atom stereocenters. The first-order chi connectivity index (χ1) is 19.8. The quantitative estimate of drug-likeness (QED) is 0.271. The number of nitrogens with zero attached hydrogens (tertiary/aromatic N) is 2. The molecule has 3 amide bonds. The van der Waals surface area contributed by atoms with E-state index in [0.29, 0.717) is 17.0 Å². The second-order valence-electron chi connectivity index (χ2n) is 10.0. The Morgan fingerprint density at radius 2 is 1.61 bits per heavy atom. The highest BCUT2D eigenvalue weighted by atomic mass is 19.2. The van der Waals surface area contributed by atoms with Crippen molar-refractivity contribution >= 4 is 34.4 Å². The standard InChI is InChI=1S/C31H29F2N3O5/c1-35(22-7-3-4-8-22)30(38)19-36(31(39)28-16-20-6-2-5-9-27(20)41-28)18-29(37)34-21-10-12-23(13-11-21)40-24-14-15-25(32)26(33)17-24/h2,5-6,9-17,22H,3-4,7-8,18-19H2,1H3,(H,34,37). The zero-order valence-corrected chi connectivity index (χ0v) is 22.4. The molecule has 1 N–H and O–H groups in total. The molecule has 1 heterocycles. The summed E-state index contributed by atoms with van der Waals surface area (Å²) in [5.41, 5.74) is 0.943. The van der Waals surface area contributed by atoms with Crippen LogP contribution in [0.1, 0.15) is 36.2 Å². The molecule has 0 bridgehead atoms. The number of furan rings is 1. The minimum atomic E-state index is -1.03. The number of anilines is 1. The normalized spacial score (nSPS) is 13.2. The van der Waals surface area contributed by atoms with Crippen LogP contribution in [-0.4, -0.2) is 53.7 Å². The molecular weight excluding hydrogens is 532 g/mol. The van der Waals surface area contributed by atoms with Crippen molar-refractivity contribution in [1.82, 2.24) is 9.80 Å². The maximum atomic E-state index is 13.5. The number of hydrogen-bond donors (Lipinski definition) is 1. The third kappa shape index (κ3) is 6.71. The van der Waals surface area contributed by atoms with Crippen molar-refractivity contribution in [1.29, 1.82) is 0 Å². The average Bonchev–Trinajstić information content (AvgIpc) is 3.65. The van der Waals surface area contributed by atoms with Gasteiger partial charge in [-0.05, 0) is 61.4 Å². The summed E-state index contributed by atoms with van der Waals surface area (Å²) < 4.78 is 37.9. The third-order valence-corrected chi connectivity index (χ3v) is 7.11. The first-order valence-electron chi connectivity index (χ1n) is 13.3. The number of para-hydroxylation sites is 1. The fraction of sp³-hybridized carbons (Fsp3) is 0.258. The molecule has 8 nitrogen and oxygen atoms in total. The molecule has 10 heteroatoms. The number of carbonyl (C=O) groups is 3. The number of fused-ring (bicyclic) bond motifs is 1. The Hall–Kier alpha value is -4.73. The van der Waals surface area contributed by atoms with Crippen molar-refractivity contribution < 1.29 is 32.3 Å². The number of halogens is 2. The highest BCUT2D eigenvalue weighted by Crippen LogP contribution is 2.26. The highest BCUT2D eigenvalue weighted by Gasteiger charge is 2.29. The van der Waals surface area contributed by atoms with E-state index in [1.165, 1.54) is 11.0 Å². The first-order valence-corrected chi connectivity index (χ1v) is 13.3. The minimum Gasteiger partial charge on any atom is -0.457 e. The van der Waals surface area contributed by atoms with E-state index in [2.05, 4.69) is 5.32 Å². The Kier molecular flexibility index (Phi) is 8.28. The maximum Gasteiger partial charge on any atom is 0.290 e. The molecule has 0 aliphatic heterocycles. The van der Waals surface area contributed by atoms with Gasteiger partial charge in [0.1, 0.15) is 30.2 Å². The summed E-state index contributed by atoms with van der Waals surface area (Å²) in [7, 11) is 1.73. The molecular formula is C31H29F2N3O5. The van der Waals surface area contributed by atoms with E-state index in [4.69, 9.17) is 9.15 Å². The van der Waals surface area contributed by atoms with Crippen LogP contribution in [0, 0.1) is 11.6 Å². The third-order valence-electron chi connectivity index (χ3n) is 7.11. The van der Waals surface area contributed by atoms with E-state index in [0.717, 1.165) is 43.2 Å². The summed E-state index contributed by atoms with van der Waals surface area (Å²) >= 11 is 0. The van der Waals surface area contributed by atoms with E-state index in [-0.39, 0.29) is 36.5 Å². The maximum absolute atomic E-state index is 13.5. The number of benzene rings is 3. The largest absolute Gasteiger partial charge is 0.457 e. The van der Waals surface area contributed by atoms with Gasteiger partial charge >= 0.3 is 0 Å². The molecule has 212 valence electrons. The molecule has 0 atom stereocenters. The number of rotatable bonds is 9. The Bertz CT molecular complexity index is 1530. The lowest BCUT2D eigenvalue weighted by Crippen LogP contribution is -2.46. The van der Waals surface area contributed by atoms with Crippen LogP contribution < -0.4 is 10.1 Å². The average molecular weight is 562 g/mol. The molecule has 1 saturated carbocycles. The molecule has 4 aromatic rings. The molecule has 0 saturated heterocycles. The molecule has 0 spiro atoms. The van der Waals surface area contributed by atoms with Crippen LogP contribution >= 0.6 is 0 Å². The van der Waals surface area contributed by atoms with Gasteiger partial charge in [-0.1, -0.05) is 31.0 Å². The van der Waals surface area contributed by atoms with E-state index < -0.39 is 23.4 Å². The Labute approximate surface area is 235 Å². The van der Waals surface area contributed by atoms with Crippen molar-refractivity contribution in [3.8, 4) is 11.5 Å². The molecule has 0 radical (unpaired) electrons. The lowest BCUT2D eigenvalue weighted by molar-refractivity contribution is -0.132. The van der Waals surface area contributed by atoms with Crippen LogP contribution in [0.15, 0.2) is 77.2 Å². The van der Waals surface area contributed by atoms with Gasteiger partial charge in [0.05, 0.1) is 0 Å². The number of likely N-dealkylation sites (N-methyl/N-ethyl adjacent to an activating group) is 1. The predicted octanol–water partition coefficient (Wildman–Crippen LogP) is 5.99. The smallest absolute Gasteiger partial charge is 0.290 e. The first kappa shape index (κ1) is 27.8. The monoisotopic (exact) mass is 561 g/mol. The van der Waals surface area contributed by atoms with Gasteiger partial charge in [0, 0.05) is 30.2 Å². The minimum absolute atomic E-state index is 0.0362. The van der Waals surface area contributed by atoms with Crippen molar-refractivity contribution in [2.75, 3.05) is 25.5 Å². The summed E-state index contributed by atoms with van der Waals surface area (Å²) in [4.78, 5) is 42.4. The van der Waals surface area contributed by atoms with Crippen LogP contribution in [-0.2, 0) is 9.59 Å². The summed E-state index contributed by atoms with van der Waals surface area (Å²) in [5.74, 6) is -2.85. The Balaban J connectivity index is 1.27. The van der Waals surface area contributed by atoms with Gasteiger partial charge in [0.2, 0.25) is 11.8 Å². The van der Waals surface area contributed by atoms with Crippen LogP contribution in [0.2, 0.25) is 0 Å². The van der Waals surface area contributed by atoms with E-state index in [9.17, 15) is 23.2 Å². The molecule has 3 aromatic carbocycles. The van der Waals surface area contributed by atoms with Crippen LogP contribution in [0.4, 0.5) is 14.5 Å². The Morgan fingerprint density at radius 3 is 2.32 bits per heavy atom. The van der Waals surface area contributed by atoms with Gasteiger partial charge in [-0.25, -0.2) is 8.78 Å². The second kappa shape index (κ2) is 12.2. The topological polar surface area (TPSA) is 92.1 Å². The van der Waals surface area contributed by atoms with Crippen LogP contribution in [0.25, 0.3) is 11.0 Å². The molecule has 5 rings (SSSR count). The number of ether oxygens (including phenoxy) is 1. The van der Waals surface area contributed by atoms with Crippen LogP contribution in [0.3, 0.4) is 0 Å². The number of carbonyl (C=O) groups excluding carboxylic acids is 3. The van der Waals surface area contributed by atoms with Gasteiger partial charge in [-0.15, -0.1) is 0 Å². The van der Waals surface area contributed by atoms with Gasteiger partial charge in [-0.2, -0.15) is 0 Å². The van der Waals surface area contributed by atoms with Crippen molar-refractivity contribution in [2.24, 2.45) is 0 Å². The fourth-order valence-electron chi connectivity index (χ4n) is 4.87. The summed E-state index contributed by atoms with van der Waals surface area (Å²) in [5, 5.41) is 3.45. The predicted molar refractivity (Wildman–Crippen MR) is 149 cm³/mol. The van der Waals surface area contributed by atoms with Gasteiger partial charge in [-0.3, -0.25) is 14.4 Å². The fourth-order valence-corrected chi connectivity index (χ4v) is 4.87. The van der Waals surface area contributed by atoms with Gasteiger partial charge in [0.25, 0.3) is 5.91 Å². The van der Waals surface area contributed by atoms with Crippen molar-refractivity contribution in [3.05, 3.63) is 90.2 Å². The van der Waals surface area contributed by atoms with Crippen LogP contribution in [0.5, 0.6) is 11.5 Å². The van der Waals surface area contributed by atoms with E-state index in [1.807, 2.05) is 12.1 Å². The zero-order chi connectivity index (χ0) is 28.9.